The number of carboxylic acid groups (broad SMARTS) is 1. The molecule has 0 aliphatic heterocycles. The molecule has 47 heavy (non-hydrogen) atoms. The molecule has 15 heteroatoms. The van der Waals surface area contributed by atoms with E-state index in [1.54, 1.807) is 48.5 Å². The number of aromatic nitrogens is 6. The predicted molar refractivity (Wildman–Crippen MR) is 172 cm³/mol. The van der Waals surface area contributed by atoms with E-state index in [1.807, 2.05) is 30.3 Å². The molecule has 1 atom stereocenters. The Morgan fingerprint density at radius 3 is 2.49 bits per heavy atom. The van der Waals surface area contributed by atoms with Crippen LogP contribution in [0, 0.1) is 0 Å². The minimum atomic E-state index is -1.27. The molecule has 2 heterocycles. The van der Waals surface area contributed by atoms with E-state index in [4.69, 9.17) is 11.6 Å². The zero-order valence-electron chi connectivity index (χ0n) is 24.8. The molecule has 0 bridgehead atoms. The summed E-state index contributed by atoms with van der Waals surface area (Å²) < 4.78 is 6.89. The van der Waals surface area contributed by atoms with Crippen molar-refractivity contribution < 1.29 is 24.2 Å². The first-order valence-corrected chi connectivity index (χ1v) is 14.4. The first kappa shape index (κ1) is 32.2. The molecule has 0 unspecified atom stereocenters. The Morgan fingerprint density at radius 1 is 1.04 bits per heavy atom. The summed E-state index contributed by atoms with van der Waals surface area (Å²) in [6, 6.07) is 21.4. The smallest absolute Gasteiger partial charge is 0.411 e. The largest absolute Gasteiger partial charge is 0.480 e. The third-order valence-electron chi connectivity index (χ3n) is 6.86. The number of benzene rings is 3. The molecule has 5 rings (SSSR count). The summed E-state index contributed by atoms with van der Waals surface area (Å²) in [5.74, 6) is -1.77. The molecule has 0 aliphatic rings. The number of anilines is 1. The molecule has 0 saturated carbocycles. The number of amides is 2. The molecule has 0 spiro atoms. The number of nitrogens with one attached hydrogen (secondary N) is 2. The van der Waals surface area contributed by atoms with Crippen molar-refractivity contribution in [1.29, 1.82) is 0 Å². The average Bonchev–Trinajstić information content (AvgIpc) is 3.60. The van der Waals surface area contributed by atoms with Gasteiger partial charge in [-0.25, -0.2) is 9.48 Å². The Labute approximate surface area is 272 Å². The second kappa shape index (κ2) is 14.8. The van der Waals surface area contributed by atoms with Crippen LogP contribution in [0.1, 0.15) is 22.9 Å². The minimum Gasteiger partial charge on any atom is -0.480 e. The van der Waals surface area contributed by atoms with Crippen LogP contribution in [-0.2, 0) is 27.3 Å². The summed E-state index contributed by atoms with van der Waals surface area (Å²) in [5.41, 5.74) is 2.62. The van der Waals surface area contributed by atoms with E-state index in [-0.39, 0.29) is 17.7 Å². The minimum absolute atomic E-state index is 0.147. The van der Waals surface area contributed by atoms with Crippen molar-refractivity contribution in [3.63, 3.8) is 0 Å². The molecule has 2 amide bonds. The molecule has 0 radical (unpaired) electrons. The van der Waals surface area contributed by atoms with Gasteiger partial charge in [0.05, 0.1) is 30.1 Å². The Morgan fingerprint density at radius 2 is 1.81 bits per heavy atom. The van der Waals surface area contributed by atoms with Crippen molar-refractivity contribution in [2.75, 3.05) is 12.4 Å². The topological polar surface area (TPSA) is 183 Å². The molecule has 238 valence electrons. The highest BCUT2D eigenvalue weighted by Crippen LogP contribution is 2.24. The molecule has 0 aliphatic carbocycles. The van der Waals surface area contributed by atoms with Crippen molar-refractivity contribution >= 4 is 41.3 Å². The van der Waals surface area contributed by atoms with Crippen molar-refractivity contribution in [3.05, 3.63) is 123 Å². The van der Waals surface area contributed by atoms with Gasteiger partial charge in [0, 0.05) is 22.3 Å². The third-order valence-corrected chi connectivity index (χ3v) is 7.10. The van der Waals surface area contributed by atoms with Crippen LogP contribution in [0.2, 0.25) is 5.02 Å². The Bertz CT molecular complexity index is 1980. The molecule has 0 saturated heterocycles. The number of halogens is 1. The molecule has 0 fully saturated rings. The van der Waals surface area contributed by atoms with Crippen LogP contribution in [0.3, 0.4) is 0 Å². The fourth-order valence-corrected chi connectivity index (χ4v) is 4.86. The van der Waals surface area contributed by atoms with E-state index in [9.17, 15) is 24.3 Å². The van der Waals surface area contributed by atoms with Gasteiger partial charge >= 0.3 is 12.1 Å². The van der Waals surface area contributed by atoms with Gasteiger partial charge in [-0.1, -0.05) is 54.1 Å². The number of carbonyl (C=O) groups is 3. The van der Waals surface area contributed by atoms with E-state index >= 15 is 0 Å². The van der Waals surface area contributed by atoms with Crippen LogP contribution in [-0.4, -0.2) is 60.2 Å². The van der Waals surface area contributed by atoms with Gasteiger partial charge in [0.25, 0.3) is 5.56 Å². The normalized spacial score (nSPS) is 11.6. The number of methoxy groups -OCH3 is 1. The fourth-order valence-electron chi connectivity index (χ4n) is 4.68. The Hall–Kier alpha value is -6.15. The summed E-state index contributed by atoms with van der Waals surface area (Å²) >= 11 is 6.22. The first-order valence-electron chi connectivity index (χ1n) is 14.0. The average molecular weight is 655 g/mol. The Balaban J connectivity index is 1.51. The van der Waals surface area contributed by atoms with Crippen LogP contribution in [0.15, 0.2) is 96.1 Å². The molecule has 3 N–H and O–H groups in total. The number of hydrogen-bond acceptors (Lipinski definition) is 9. The number of hydrogen-bond donors (Lipinski definition) is 3. The van der Waals surface area contributed by atoms with Gasteiger partial charge in [-0.2, -0.15) is 9.78 Å². The number of rotatable bonds is 11. The maximum Gasteiger partial charge on any atom is 0.411 e. The van der Waals surface area contributed by atoms with Crippen LogP contribution in [0.25, 0.3) is 22.9 Å². The fraction of sp³-hybridized carbons (Fsp3) is 0.125. The van der Waals surface area contributed by atoms with Gasteiger partial charge in [-0.3, -0.25) is 19.7 Å². The van der Waals surface area contributed by atoms with Gasteiger partial charge in [0.15, 0.2) is 0 Å². The van der Waals surface area contributed by atoms with E-state index in [1.165, 1.54) is 30.3 Å². The van der Waals surface area contributed by atoms with Gasteiger partial charge < -0.3 is 15.2 Å². The Kier molecular flexibility index (Phi) is 10.1. The second-order valence-corrected chi connectivity index (χ2v) is 10.5. The number of carbonyl (C=O) groups excluding carboxylic acids is 2. The standard InChI is InChI=1S/C32H27ClN8O6/c1-47-32(46)35-24-11-7-21(8-12-24)25-17-27(37-40(31(25)45)18-30(43)44)26(15-20-5-3-2-4-6-20)36-29(42)14-9-22-16-23(33)10-13-28(22)41-19-34-38-39-41/h2-14,16-17,19,26H,15,18H2,1H3,(H,35,46)(H,36,42)(H,43,44)/b14-9+/t26-/m0/s1. The zero-order chi connectivity index (χ0) is 33.3. The second-order valence-electron chi connectivity index (χ2n) is 10.1. The van der Waals surface area contributed by atoms with E-state index < -0.39 is 36.1 Å². The van der Waals surface area contributed by atoms with Crippen molar-refractivity contribution in [3.8, 4) is 16.8 Å². The predicted octanol–water partition coefficient (Wildman–Crippen LogP) is 3.92. The monoisotopic (exact) mass is 654 g/mol. The third kappa shape index (κ3) is 8.32. The summed E-state index contributed by atoms with van der Waals surface area (Å²) in [7, 11) is 1.23. The number of nitrogens with zero attached hydrogens (tertiary/aromatic N) is 6. The van der Waals surface area contributed by atoms with Crippen LogP contribution in [0.4, 0.5) is 10.5 Å². The van der Waals surface area contributed by atoms with Gasteiger partial charge in [-0.05, 0) is 70.4 Å². The summed E-state index contributed by atoms with van der Waals surface area (Å²) in [5, 5.41) is 31.0. The quantitative estimate of drug-likeness (QED) is 0.176. The van der Waals surface area contributed by atoms with Gasteiger partial charge in [0.2, 0.25) is 5.91 Å². The van der Waals surface area contributed by atoms with Crippen molar-refractivity contribution in [2.45, 2.75) is 19.0 Å². The SMILES string of the molecule is COC(=O)Nc1ccc(-c2cc([C@H](Cc3ccccc3)NC(=O)/C=C/c3cc(Cl)ccc3-n3cnnn3)nn(CC(=O)O)c2=O)cc1. The van der Waals surface area contributed by atoms with Crippen molar-refractivity contribution in [1.82, 2.24) is 35.3 Å². The number of tetrazole rings is 1. The summed E-state index contributed by atoms with van der Waals surface area (Å²) in [6.07, 6.45) is 3.90. The van der Waals surface area contributed by atoms with Crippen molar-refractivity contribution in [2.24, 2.45) is 0 Å². The molecule has 14 nitrogen and oxygen atoms in total. The molecule has 3 aromatic carbocycles. The van der Waals surface area contributed by atoms with Crippen LogP contribution < -0.4 is 16.2 Å². The maximum absolute atomic E-state index is 13.4. The molecule has 2 aromatic heterocycles. The molecule has 5 aromatic rings. The highest BCUT2D eigenvalue weighted by atomic mass is 35.5. The lowest BCUT2D eigenvalue weighted by molar-refractivity contribution is -0.138. The van der Waals surface area contributed by atoms with Gasteiger partial charge in [-0.15, -0.1) is 5.10 Å². The van der Waals surface area contributed by atoms with E-state index in [0.29, 0.717) is 27.5 Å². The lowest BCUT2D eigenvalue weighted by Gasteiger charge is -2.20. The molecular formula is C32H27ClN8O6. The number of carboxylic acids is 1. The van der Waals surface area contributed by atoms with Crippen LogP contribution >= 0.6 is 11.6 Å². The lowest BCUT2D eigenvalue weighted by Crippen LogP contribution is -2.34. The molecular weight excluding hydrogens is 628 g/mol. The summed E-state index contributed by atoms with van der Waals surface area (Å²) in [6.45, 7) is -0.706. The van der Waals surface area contributed by atoms with E-state index in [0.717, 1.165) is 10.2 Å². The summed E-state index contributed by atoms with van der Waals surface area (Å²) in [4.78, 5) is 50.1. The van der Waals surface area contributed by atoms with E-state index in [2.05, 4.69) is 36.0 Å². The van der Waals surface area contributed by atoms with Crippen LogP contribution in [0.5, 0.6) is 0 Å². The number of aliphatic carboxylic acids is 1. The first-order chi connectivity index (χ1) is 22.7. The van der Waals surface area contributed by atoms with Gasteiger partial charge in [0.1, 0.15) is 12.9 Å². The highest BCUT2D eigenvalue weighted by Gasteiger charge is 2.21. The zero-order valence-corrected chi connectivity index (χ0v) is 25.5. The number of ether oxygens (including phenoxy) is 1. The lowest BCUT2D eigenvalue weighted by atomic mass is 10.00. The maximum atomic E-state index is 13.4. The highest BCUT2D eigenvalue weighted by molar-refractivity contribution is 6.30.